The van der Waals surface area contributed by atoms with Crippen LogP contribution in [0.5, 0.6) is 0 Å². The van der Waals surface area contributed by atoms with Crippen molar-refractivity contribution in [2.24, 2.45) is 0 Å². The summed E-state index contributed by atoms with van der Waals surface area (Å²) in [5.41, 5.74) is 0.660. The van der Waals surface area contributed by atoms with Crippen molar-refractivity contribution in [3.63, 3.8) is 0 Å². The number of hydrogen-bond acceptors (Lipinski definition) is 5. The number of amides is 2. The second kappa shape index (κ2) is 10.9. The quantitative estimate of drug-likeness (QED) is 0.406. The monoisotopic (exact) mass is 511 g/mol. The topological polar surface area (TPSA) is 88.9 Å². The zero-order chi connectivity index (χ0) is 24.9. The van der Waals surface area contributed by atoms with Gasteiger partial charge in [0.2, 0.25) is 11.8 Å². The molecule has 0 saturated carbocycles. The molecular weight excluding hydrogens is 491 g/mol. The molecule has 3 aromatic rings. The highest BCUT2D eigenvalue weighted by Crippen LogP contribution is 2.30. The zero-order valence-corrected chi connectivity index (χ0v) is 19.8. The molecule has 2 amide bonds. The van der Waals surface area contributed by atoms with Gasteiger partial charge < -0.3 is 15.2 Å². The van der Waals surface area contributed by atoms with Gasteiger partial charge in [0.25, 0.3) is 0 Å². The molecule has 0 aliphatic carbocycles. The van der Waals surface area contributed by atoms with Gasteiger partial charge in [0.05, 0.1) is 17.7 Å². The Bertz CT molecular complexity index is 1200. The van der Waals surface area contributed by atoms with Crippen LogP contribution in [-0.4, -0.2) is 32.3 Å². The van der Waals surface area contributed by atoms with E-state index in [0.29, 0.717) is 28.2 Å². The molecule has 7 nitrogen and oxygen atoms in total. The van der Waals surface area contributed by atoms with Crippen molar-refractivity contribution in [3.8, 4) is 0 Å². The Kier molecular flexibility index (Phi) is 8.21. The lowest BCUT2D eigenvalue weighted by molar-refractivity contribution is -0.137. The summed E-state index contributed by atoms with van der Waals surface area (Å²) in [6, 6.07) is 9.58. The van der Waals surface area contributed by atoms with Crippen molar-refractivity contribution < 1.29 is 22.8 Å². The van der Waals surface area contributed by atoms with Gasteiger partial charge in [-0.15, -0.1) is 10.2 Å². The molecule has 2 N–H and O–H groups in total. The van der Waals surface area contributed by atoms with Crippen LogP contribution in [0.3, 0.4) is 0 Å². The van der Waals surface area contributed by atoms with Crippen LogP contribution in [0.15, 0.2) is 47.6 Å². The SMILES string of the molecule is CCn1c(CC(=O)Nc2cccc(C(F)(F)F)c2)nnc1SCC(=O)Nc1cc(Cl)ccc1C. The molecule has 0 fully saturated rings. The Morgan fingerprint density at radius 2 is 1.85 bits per heavy atom. The average molecular weight is 512 g/mol. The highest BCUT2D eigenvalue weighted by atomic mass is 35.5. The molecule has 3 rings (SSSR count). The molecule has 0 unspecified atom stereocenters. The van der Waals surface area contributed by atoms with Gasteiger partial charge in [0.15, 0.2) is 5.16 Å². The summed E-state index contributed by atoms with van der Waals surface area (Å²) in [5, 5.41) is 14.3. The molecule has 34 heavy (non-hydrogen) atoms. The summed E-state index contributed by atoms with van der Waals surface area (Å²) in [6.45, 7) is 4.12. The zero-order valence-electron chi connectivity index (χ0n) is 18.2. The van der Waals surface area contributed by atoms with Gasteiger partial charge in [0, 0.05) is 22.9 Å². The van der Waals surface area contributed by atoms with Gasteiger partial charge in [0.1, 0.15) is 5.82 Å². The number of carbonyl (C=O) groups excluding carboxylic acids is 2. The smallest absolute Gasteiger partial charge is 0.326 e. The van der Waals surface area contributed by atoms with E-state index in [1.54, 1.807) is 22.8 Å². The number of nitrogens with zero attached hydrogens (tertiary/aromatic N) is 3. The molecule has 0 radical (unpaired) electrons. The number of thioether (sulfide) groups is 1. The summed E-state index contributed by atoms with van der Waals surface area (Å²) >= 11 is 7.13. The molecule has 12 heteroatoms. The first-order valence-corrected chi connectivity index (χ1v) is 11.5. The van der Waals surface area contributed by atoms with E-state index >= 15 is 0 Å². The minimum absolute atomic E-state index is 0.0324. The number of hydrogen-bond donors (Lipinski definition) is 2. The van der Waals surface area contributed by atoms with E-state index in [-0.39, 0.29) is 23.8 Å². The Balaban J connectivity index is 1.61. The van der Waals surface area contributed by atoms with Crippen molar-refractivity contribution in [1.29, 1.82) is 0 Å². The predicted molar refractivity (Wildman–Crippen MR) is 125 cm³/mol. The normalized spacial score (nSPS) is 11.4. The fraction of sp³-hybridized carbons (Fsp3) is 0.273. The maximum Gasteiger partial charge on any atom is 0.416 e. The van der Waals surface area contributed by atoms with E-state index in [1.807, 2.05) is 13.8 Å². The fourth-order valence-corrected chi connectivity index (χ4v) is 4.03. The van der Waals surface area contributed by atoms with Crippen LogP contribution in [0, 0.1) is 6.92 Å². The maximum absolute atomic E-state index is 12.9. The van der Waals surface area contributed by atoms with Crippen LogP contribution in [0.4, 0.5) is 24.5 Å². The van der Waals surface area contributed by atoms with Gasteiger partial charge in [-0.25, -0.2) is 0 Å². The van der Waals surface area contributed by atoms with E-state index in [1.165, 1.54) is 12.1 Å². The first-order valence-electron chi connectivity index (χ1n) is 10.1. The summed E-state index contributed by atoms with van der Waals surface area (Å²) in [4.78, 5) is 24.8. The number of rotatable bonds is 8. The molecule has 1 aromatic heterocycles. The average Bonchev–Trinajstić information content (AvgIpc) is 3.15. The van der Waals surface area contributed by atoms with E-state index in [9.17, 15) is 22.8 Å². The second-order valence-corrected chi connectivity index (χ2v) is 8.62. The Labute approximate surface area is 203 Å². The maximum atomic E-state index is 12.9. The van der Waals surface area contributed by atoms with Crippen LogP contribution in [0.1, 0.15) is 23.9 Å². The van der Waals surface area contributed by atoms with E-state index < -0.39 is 17.6 Å². The van der Waals surface area contributed by atoms with E-state index in [2.05, 4.69) is 20.8 Å². The van der Waals surface area contributed by atoms with Crippen LogP contribution in [0.2, 0.25) is 5.02 Å². The van der Waals surface area contributed by atoms with Crippen LogP contribution in [0.25, 0.3) is 0 Å². The standard InChI is InChI=1S/C22H21ClF3N5O2S/c1-3-31-18(11-19(32)27-16-6-4-5-14(9-16)22(24,25)26)29-30-21(31)34-12-20(33)28-17-10-15(23)8-7-13(17)2/h4-10H,3,11-12H2,1-2H3,(H,27,32)(H,28,33). The van der Waals surface area contributed by atoms with Crippen molar-refractivity contribution in [3.05, 3.63) is 64.4 Å². The lowest BCUT2D eigenvalue weighted by atomic mass is 10.2. The number of benzene rings is 2. The number of carbonyl (C=O) groups is 2. The molecule has 2 aromatic carbocycles. The highest BCUT2D eigenvalue weighted by molar-refractivity contribution is 7.99. The van der Waals surface area contributed by atoms with E-state index in [4.69, 9.17) is 11.6 Å². The Morgan fingerprint density at radius 3 is 2.56 bits per heavy atom. The summed E-state index contributed by atoms with van der Waals surface area (Å²) in [6.07, 6.45) is -4.70. The third-order valence-corrected chi connectivity index (χ3v) is 5.91. The van der Waals surface area contributed by atoms with Gasteiger partial charge in [-0.05, 0) is 49.7 Å². The molecule has 0 bridgehead atoms. The number of nitrogens with one attached hydrogen (secondary N) is 2. The first-order chi connectivity index (χ1) is 16.1. The molecule has 0 saturated heterocycles. The first kappa shape index (κ1) is 25.6. The summed E-state index contributed by atoms with van der Waals surface area (Å²) in [7, 11) is 0. The minimum atomic E-state index is -4.51. The van der Waals surface area contributed by atoms with Crippen molar-refractivity contribution in [1.82, 2.24) is 14.8 Å². The van der Waals surface area contributed by atoms with Gasteiger partial charge in [-0.1, -0.05) is 35.5 Å². The highest BCUT2D eigenvalue weighted by Gasteiger charge is 2.30. The number of halogens is 4. The fourth-order valence-electron chi connectivity index (χ4n) is 3.04. The van der Waals surface area contributed by atoms with Gasteiger partial charge in [-0.3, -0.25) is 9.59 Å². The molecule has 180 valence electrons. The van der Waals surface area contributed by atoms with Gasteiger partial charge >= 0.3 is 6.18 Å². The molecule has 0 atom stereocenters. The van der Waals surface area contributed by atoms with Crippen molar-refractivity contribution >= 4 is 46.6 Å². The van der Waals surface area contributed by atoms with Crippen LogP contribution in [-0.2, 0) is 28.7 Å². The largest absolute Gasteiger partial charge is 0.416 e. The molecule has 0 aliphatic rings. The van der Waals surface area contributed by atoms with Crippen molar-refractivity contribution in [2.75, 3.05) is 16.4 Å². The summed E-state index contributed by atoms with van der Waals surface area (Å²) in [5.74, 6) is -0.405. The minimum Gasteiger partial charge on any atom is -0.326 e. The van der Waals surface area contributed by atoms with Crippen LogP contribution < -0.4 is 10.6 Å². The van der Waals surface area contributed by atoms with Crippen LogP contribution >= 0.6 is 23.4 Å². The molecule has 0 spiro atoms. The summed E-state index contributed by atoms with van der Waals surface area (Å²) < 4.78 is 40.3. The molecular formula is C22H21ClF3N5O2S. The Morgan fingerprint density at radius 1 is 1.09 bits per heavy atom. The second-order valence-electron chi connectivity index (χ2n) is 7.24. The molecule has 1 heterocycles. The third kappa shape index (κ3) is 6.73. The lowest BCUT2D eigenvalue weighted by Crippen LogP contribution is -2.18. The van der Waals surface area contributed by atoms with Gasteiger partial charge in [-0.2, -0.15) is 13.2 Å². The number of anilines is 2. The number of aryl methyl sites for hydroxylation is 1. The van der Waals surface area contributed by atoms with Crippen molar-refractivity contribution in [2.45, 2.75) is 38.1 Å². The lowest BCUT2D eigenvalue weighted by Gasteiger charge is -2.11. The number of aromatic nitrogens is 3. The molecule has 0 aliphatic heterocycles. The third-order valence-electron chi connectivity index (χ3n) is 4.71. The number of alkyl halides is 3. The Hall–Kier alpha value is -3.05. The predicted octanol–water partition coefficient (Wildman–Crippen LogP) is 5.19. The van der Waals surface area contributed by atoms with E-state index in [0.717, 1.165) is 29.5 Å².